The lowest BCUT2D eigenvalue weighted by molar-refractivity contribution is 0.0679. The van der Waals surface area contributed by atoms with Gasteiger partial charge >= 0.3 is 17.9 Å². The van der Waals surface area contributed by atoms with Crippen LogP contribution in [0.1, 0.15) is 52.6 Å². The summed E-state index contributed by atoms with van der Waals surface area (Å²) in [5.41, 5.74) is -0.301. The molecular weight excluding hydrogens is 518 g/mol. The molecule has 202 valence electrons. The van der Waals surface area contributed by atoms with Crippen LogP contribution in [-0.2, 0) is 13.2 Å². The lowest BCUT2D eigenvalue weighted by Crippen LogP contribution is -2.19. The maximum absolute atomic E-state index is 13.5. The average Bonchev–Trinajstić information content (AvgIpc) is 2.95. The number of carboxylic acids is 3. The van der Waals surface area contributed by atoms with Crippen LogP contribution in [0, 0.1) is 0 Å². The van der Waals surface area contributed by atoms with E-state index in [9.17, 15) is 34.5 Å². The second-order valence-electron chi connectivity index (χ2n) is 8.49. The summed E-state index contributed by atoms with van der Waals surface area (Å²) in [5.74, 6) is -5.43. The molecule has 0 bridgehead atoms. The molecule has 0 saturated carbocycles. The van der Waals surface area contributed by atoms with Crippen LogP contribution >= 0.6 is 0 Å². The smallest absolute Gasteiger partial charge is 0.339 e. The number of para-hydroxylation sites is 1. The number of carbonyl (C=O) groups is 4. The fraction of sp³-hybridized carbons (Fsp3) is 0.0667. The quantitative estimate of drug-likeness (QED) is 0.200. The first kappa shape index (κ1) is 27.4. The van der Waals surface area contributed by atoms with E-state index >= 15 is 0 Å². The largest absolute Gasteiger partial charge is 0.488 e. The van der Waals surface area contributed by atoms with Gasteiger partial charge in [0.2, 0.25) is 0 Å². The van der Waals surface area contributed by atoms with Crippen molar-refractivity contribution in [1.82, 2.24) is 0 Å². The summed E-state index contributed by atoms with van der Waals surface area (Å²) in [5, 5.41) is 31.4. The van der Waals surface area contributed by atoms with E-state index < -0.39 is 40.6 Å². The van der Waals surface area contributed by atoms with Gasteiger partial charge in [0.25, 0.3) is 5.91 Å². The molecule has 10 heteroatoms. The van der Waals surface area contributed by atoms with Gasteiger partial charge in [0.1, 0.15) is 30.3 Å². The molecule has 0 fully saturated rings. The normalized spacial score (nSPS) is 10.4. The minimum absolute atomic E-state index is 0.00257. The van der Waals surface area contributed by atoms with Crippen molar-refractivity contribution < 1.29 is 44.0 Å². The number of rotatable bonds is 11. The van der Waals surface area contributed by atoms with E-state index in [1.807, 2.05) is 12.1 Å². The molecule has 10 nitrogen and oxygen atoms in total. The molecular formula is C30H23NO9. The van der Waals surface area contributed by atoms with Gasteiger partial charge in [-0.25, -0.2) is 14.4 Å². The Morgan fingerprint density at radius 2 is 0.975 bits per heavy atom. The van der Waals surface area contributed by atoms with Crippen molar-refractivity contribution in [2.45, 2.75) is 13.2 Å². The molecule has 0 aromatic heterocycles. The number of anilines is 1. The molecule has 0 radical (unpaired) electrons. The Morgan fingerprint density at radius 3 is 1.43 bits per heavy atom. The molecule has 0 spiro atoms. The Morgan fingerprint density at radius 1 is 0.550 bits per heavy atom. The predicted molar refractivity (Wildman–Crippen MR) is 143 cm³/mol. The molecule has 0 atom stereocenters. The fourth-order valence-corrected chi connectivity index (χ4v) is 3.84. The van der Waals surface area contributed by atoms with Crippen LogP contribution in [0.15, 0.2) is 91.0 Å². The van der Waals surface area contributed by atoms with Crippen LogP contribution < -0.4 is 14.8 Å². The summed E-state index contributed by atoms with van der Waals surface area (Å²) >= 11 is 0. The van der Waals surface area contributed by atoms with Gasteiger partial charge in [-0.05, 0) is 35.4 Å². The third-order valence-electron chi connectivity index (χ3n) is 5.79. The van der Waals surface area contributed by atoms with E-state index in [1.165, 1.54) is 12.1 Å². The topological polar surface area (TPSA) is 159 Å². The molecule has 0 unspecified atom stereocenters. The SMILES string of the molecule is O=C(O)c1cc(OCc2ccccc2)c(C(=O)Nc2c(C(=O)O)cccc2C(=O)O)cc1OCc1ccccc1. The molecule has 40 heavy (non-hydrogen) atoms. The summed E-state index contributed by atoms with van der Waals surface area (Å²) in [6, 6.07) is 23.7. The predicted octanol–water partition coefficient (Wildman–Crippen LogP) is 5.19. The minimum Gasteiger partial charge on any atom is -0.488 e. The lowest BCUT2D eigenvalue weighted by atomic mass is 10.0. The van der Waals surface area contributed by atoms with Gasteiger partial charge in [0, 0.05) is 0 Å². The zero-order valence-electron chi connectivity index (χ0n) is 20.9. The van der Waals surface area contributed by atoms with Crippen LogP contribution in [-0.4, -0.2) is 39.1 Å². The van der Waals surface area contributed by atoms with Crippen LogP contribution in [0.4, 0.5) is 5.69 Å². The van der Waals surface area contributed by atoms with Gasteiger partial charge < -0.3 is 30.1 Å². The first-order chi connectivity index (χ1) is 19.2. The average molecular weight is 542 g/mol. The standard InChI is InChI=1S/C30H23NO9/c32-27(31-26-20(28(33)34)12-7-13-21(26)29(35)36)22-14-25(40-17-19-10-5-2-6-11-19)23(30(37)38)15-24(22)39-16-18-8-3-1-4-9-18/h1-15H,16-17H2,(H,31,32)(H,33,34)(H,35,36)(H,37,38). The number of aromatic carboxylic acids is 3. The third kappa shape index (κ3) is 6.43. The van der Waals surface area contributed by atoms with Crippen molar-refractivity contribution in [3.63, 3.8) is 0 Å². The Bertz CT molecular complexity index is 1540. The maximum atomic E-state index is 13.5. The van der Waals surface area contributed by atoms with Gasteiger partial charge in [-0.3, -0.25) is 4.79 Å². The van der Waals surface area contributed by atoms with Crippen LogP contribution in [0.2, 0.25) is 0 Å². The Balaban J connectivity index is 1.77. The highest BCUT2D eigenvalue weighted by Crippen LogP contribution is 2.32. The van der Waals surface area contributed by atoms with E-state index in [0.29, 0.717) is 0 Å². The van der Waals surface area contributed by atoms with Crippen molar-refractivity contribution in [3.05, 3.63) is 124 Å². The van der Waals surface area contributed by atoms with Gasteiger partial charge in [0.15, 0.2) is 0 Å². The number of carboxylic acid groups (broad SMARTS) is 3. The van der Waals surface area contributed by atoms with E-state index in [2.05, 4.69) is 5.32 Å². The first-order valence-electron chi connectivity index (χ1n) is 11.9. The zero-order chi connectivity index (χ0) is 28.6. The molecule has 0 aliphatic rings. The van der Waals surface area contributed by atoms with Gasteiger partial charge in [-0.2, -0.15) is 0 Å². The molecule has 4 aromatic carbocycles. The summed E-state index contributed by atoms with van der Waals surface area (Å²) in [6.45, 7) is -0.0199. The Labute approximate surface area is 228 Å². The van der Waals surface area contributed by atoms with Crippen molar-refractivity contribution in [2.24, 2.45) is 0 Å². The third-order valence-corrected chi connectivity index (χ3v) is 5.79. The maximum Gasteiger partial charge on any atom is 0.339 e. The Kier molecular flexibility index (Phi) is 8.40. The Hall–Kier alpha value is -5.64. The summed E-state index contributed by atoms with van der Waals surface area (Å²) in [6.07, 6.45) is 0. The number of carbonyl (C=O) groups excluding carboxylic acids is 1. The number of nitrogens with one attached hydrogen (secondary N) is 1. The fourth-order valence-electron chi connectivity index (χ4n) is 3.84. The number of amides is 1. The van der Waals surface area contributed by atoms with Crippen molar-refractivity contribution in [3.8, 4) is 11.5 Å². The molecule has 0 aliphatic heterocycles. The van der Waals surface area contributed by atoms with Gasteiger partial charge in [-0.1, -0.05) is 66.7 Å². The molecule has 4 aromatic rings. The molecule has 4 rings (SSSR count). The summed E-state index contributed by atoms with van der Waals surface area (Å²) in [4.78, 5) is 49.2. The first-order valence-corrected chi connectivity index (χ1v) is 11.9. The van der Waals surface area contributed by atoms with Crippen molar-refractivity contribution in [1.29, 1.82) is 0 Å². The van der Waals surface area contributed by atoms with Crippen LogP contribution in [0.25, 0.3) is 0 Å². The molecule has 1 amide bonds. The van der Waals surface area contributed by atoms with Crippen LogP contribution in [0.5, 0.6) is 11.5 Å². The summed E-state index contributed by atoms with van der Waals surface area (Å²) < 4.78 is 11.6. The minimum atomic E-state index is -1.45. The second-order valence-corrected chi connectivity index (χ2v) is 8.49. The van der Waals surface area contributed by atoms with Crippen LogP contribution in [0.3, 0.4) is 0 Å². The lowest BCUT2D eigenvalue weighted by Gasteiger charge is -2.17. The molecule has 0 saturated heterocycles. The molecule has 0 heterocycles. The summed E-state index contributed by atoms with van der Waals surface area (Å²) in [7, 11) is 0. The van der Waals surface area contributed by atoms with E-state index in [4.69, 9.17) is 9.47 Å². The number of hydrogen-bond donors (Lipinski definition) is 4. The highest BCUT2D eigenvalue weighted by molar-refractivity contribution is 6.13. The molecule has 0 aliphatic carbocycles. The number of hydrogen-bond acceptors (Lipinski definition) is 6. The van der Waals surface area contributed by atoms with E-state index in [1.54, 1.807) is 48.5 Å². The molecule has 4 N–H and O–H groups in total. The van der Waals surface area contributed by atoms with Gasteiger partial charge in [0.05, 0.1) is 22.4 Å². The number of benzene rings is 4. The monoisotopic (exact) mass is 541 g/mol. The second kappa shape index (κ2) is 12.3. The zero-order valence-corrected chi connectivity index (χ0v) is 20.9. The number of ether oxygens (including phenoxy) is 2. The van der Waals surface area contributed by atoms with Crippen molar-refractivity contribution in [2.75, 3.05) is 5.32 Å². The highest BCUT2D eigenvalue weighted by atomic mass is 16.5. The highest BCUT2D eigenvalue weighted by Gasteiger charge is 2.25. The van der Waals surface area contributed by atoms with Gasteiger partial charge in [-0.15, -0.1) is 0 Å². The van der Waals surface area contributed by atoms with E-state index in [-0.39, 0.29) is 35.8 Å². The van der Waals surface area contributed by atoms with E-state index in [0.717, 1.165) is 29.3 Å². The van der Waals surface area contributed by atoms with Crippen molar-refractivity contribution >= 4 is 29.5 Å².